The number of ether oxygens (including phenoxy) is 1. The molecule has 5 heteroatoms. The molecule has 0 unspecified atom stereocenters. The Balaban J connectivity index is 2.29. The van der Waals surface area contributed by atoms with Gasteiger partial charge in [0.05, 0.1) is 0 Å². The van der Waals surface area contributed by atoms with Crippen LogP contribution in [0.15, 0.2) is 52.5 Å². The van der Waals surface area contributed by atoms with Crippen LogP contribution in [0.25, 0.3) is 6.08 Å². The van der Waals surface area contributed by atoms with Crippen LogP contribution in [0.2, 0.25) is 5.02 Å². The van der Waals surface area contributed by atoms with Crippen molar-refractivity contribution in [1.29, 1.82) is 10.5 Å². The summed E-state index contributed by atoms with van der Waals surface area (Å²) in [4.78, 5) is 0. The van der Waals surface area contributed by atoms with Crippen LogP contribution in [0.1, 0.15) is 11.1 Å². The standard InChI is InChI=1S/C17H10BrClN2O/c18-15-5-6-17(14(8-15)7-12(9-20)10-21)22-11-13-3-1-2-4-16(13)19/h1-8H,11H2. The topological polar surface area (TPSA) is 56.8 Å². The van der Waals surface area contributed by atoms with Gasteiger partial charge in [0, 0.05) is 20.6 Å². The summed E-state index contributed by atoms with van der Waals surface area (Å²) in [5.74, 6) is 0.575. The van der Waals surface area contributed by atoms with Gasteiger partial charge in [-0.2, -0.15) is 10.5 Å². The molecule has 0 N–H and O–H groups in total. The van der Waals surface area contributed by atoms with Crippen molar-refractivity contribution < 1.29 is 4.74 Å². The van der Waals surface area contributed by atoms with Gasteiger partial charge < -0.3 is 4.74 Å². The first-order valence-corrected chi connectivity index (χ1v) is 7.49. The molecule has 0 aliphatic carbocycles. The lowest BCUT2D eigenvalue weighted by molar-refractivity contribution is 0.305. The van der Waals surface area contributed by atoms with E-state index >= 15 is 0 Å². The summed E-state index contributed by atoms with van der Waals surface area (Å²) in [6.45, 7) is 0.302. The molecule has 2 aromatic carbocycles. The second-order valence-corrected chi connectivity index (χ2v) is 5.67. The first kappa shape index (κ1) is 16.1. The van der Waals surface area contributed by atoms with Crippen LogP contribution in [0.4, 0.5) is 0 Å². The SMILES string of the molecule is N#CC(C#N)=Cc1cc(Br)ccc1OCc1ccccc1Cl. The maximum atomic E-state index is 8.88. The van der Waals surface area contributed by atoms with Gasteiger partial charge in [0.25, 0.3) is 0 Å². The van der Waals surface area contributed by atoms with Crippen molar-refractivity contribution in [2.75, 3.05) is 0 Å². The summed E-state index contributed by atoms with van der Waals surface area (Å²) in [6, 6.07) is 16.5. The van der Waals surface area contributed by atoms with Crippen LogP contribution in [-0.2, 0) is 6.61 Å². The van der Waals surface area contributed by atoms with E-state index in [1.165, 1.54) is 6.08 Å². The minimum atomic E-state index is 0.0145. The third-order valence-electron chi connectivity index (χ3n) is 2.85. The van der Waals surface area contributed by atoms with Crippen LogP contribution >= 0.6 is 27.5 Å². The van der Waals surface area contributed by atoms with Gasteiger partial charge in [-0.05, 0) is 30.3 Å². The van der Waals surface area contributed by atoms with Crippen LogP contribution in [-0.4, -0.2) is 0 Å². The fraction of sp³-hybridized carbons (Fsp3) is 0.0588. The van der Waals surface area contributed by atoms with E-state index in [1.54, 1.807) is 18.2 Å². The molecule has 0 amide bonds. The molecule has 2 rings (SSSR count). The van der Waals surface area contributed by atoms with Gasteiger partial charge in [-0.3, -0.25) is 0 Å². The van der Waals surface area contributed by atoms with Crippen molar-refractivity contribution in [3.63, 3.8) is 0 Å². The molecule has 0 heterocycles. The number of halogens is 2. The Morgan fingerprint density at radius 2 is 1.91 bits per heavy atom. The van der Waals surface area contributed by atoms with E-state index < -0.39 is 0 Å². The molecule has 0 saturated carbocycles. The molecule has 22 heavy (non-hydrogen) atoms. The van der Waals surface area contributed by atoms with Crippen molar-refractivity contribution in [2.24, 2.45) is 0 Å². The minimum Gasteiger partial charge on any atom is -0.488 e. The number of nitrogens with zero attached hydrogens (tertiary/aromatic N) is 2. The molecule has 3 nitrogen and oxygen atoms in total. The zero-order chi connectivity index (χ0) is 15.9. The van der Waals surface area contributed by atoms with Gasteiger partial charge in [-0.1, -0.05) is 45.7 Å². The number of hydrogen-bond acceptors (Lipinski definition) is 3. The lowest BCUT2D eigenvalue weighted by Crippen LogP contribution is -1.98. The molecule has 0 aliphatic heterocycles. The normalized spacial score (nSPS) is 9.45. The fourth-order valence-corrected chi connectivity index (χ4v) is 2.35. The van der Waals surface area contributed by atoms with Gasteiger partial charge in [-0.15, -0.1) is 0 Å². The molecule has 2 aromatic rings. The molecule has 0 atom stereocenters. The van der Waals surface area contributed by atoms with Crippen molar-refractivity contribution in [3.05, 3.63) is 68.7 Å². The summed E-state index contributed by atoms with van der Waals surface area (Å²) in [5, 5.41) is 18.4. The van der Waals surface area contributed by atoms with Crippen molar-refractivity contribution >= 4 is 33.6 Å². The number of nitriles is 2. The highest BCUT2D eigenvalue weighted by Gasteiger charge is 2.06. The van der Waals surface area contributed by atoms with Crippen LogP contribution < -0.4 is 4.74 Å². The summed E-state index contributed by atoms with van der Waals surface area (Å²) in [5.41, 5.74) is 1.53. The third kappa shape index (κ3) is 4.11. The Hall–Kier alpha value is -2.27. The van der Waals surface area contributed by atoms with Gasteiger partial charge in [0.1, 0.15) is 30.1 Å². The Labute approximate surface area is 142 Å². The first-order chi connectivity index (χ1) is 10.6. The Morgan fingerprint density at radius 3 is 2.59 bits per heavy atom. The van der Waals surface area contributed by atoms with E-state index in [9.17, 15) is 0 Å². The van der Waals surface area contributed by atoms with Crippen LogP contribution in [0, 0.1) is 22.7 Å². The summed E-state index contributed by atoms with van der Waals surface area (Å²) in [7, 11) is 0. The van der Waals surface area contributed by atoms with E-state index in [4.69, 9.17) is 26.9 Å². The molecule has 108 valence electrons. The second kappa shape index (κ2) is 7.66. The van der Waals surface area contributed by atoms with Gasteiger partial charge in [0.2, 0.25) is 0 Å². The molecule has 0 spiro atoms. The largest absolute Gasteiger partial charge is 0.488 e. The number of rotatable bonds is 4. The van der Waals surface area contributed by atoms with Crippen molar-refractivity contribution in [1.82, 2.24) is 0 Å². The highest BCUT2D eigenvalue weighted by molar-refractivity contribution is 9.10. The number of hydrogen-bond donors (Lipinski definition) is 0. The number of benzene rings is 2. The lowest BCUT2D eigenvalue weighted by Gasteiger charge is -2.11. The fourth-order valence-electron chi connectivity index (χ4n) is 1.78. The van der Waals surface area contributed by atoms with Gasteiger partial charge >= 0.3 is 0 Å². The highest BCUT2D eigenvalue weighted by atomic mass is 79.9. The zero-order valence-corrected chi connectivity index (χ0v) is 13.7. The summed E-state index contributed by atoms with van der Waals surface area (Å²) >= 11 is 9.47. The first-order valence-electron chi connectivity index (χ1n) is 6.31. The Kier molecular flexibility index (Phi) is 5.61. The molecule has 0 aliphatic rings. The summed E-state index contributed by atoms with van der Waals surface area (Å²) < 4.78 is 6.61. The second-order valence-electron chi connectivity index (χ2n) is 4.34. The molecule has 0 aromatic heterocycles. The Morgan fingerprint density at radius 1 is 1.18 bits per heavy atom. The average Bonchev–Trinajstić information content (AvgIpc) is 2.53. The maximum Gasteiger partial charge on any atom is 0.130 e. The van der Waals surface area contributed by atoms with E-state index in [0.717, 1.165) is 10.0 Å². The number of allylic oxidation sites excluding steroid dienone is 1. The smallest absolute Gasteiger partial charge is 0.130 e. The maximum absolute atomic E-state index is 8.88. The zero-order valence-electron chi connectivity index (χ0n) is 11.4. The third-order valence-corrected chi connectivity index (χ3v) is 3.72. The van der Waals surface area contributed by atoms with Crippen molar-refractivity contribution in [3.8, 4) is 17.9 Å². The van der Waals surface area contributed by atoms with E-state index in [1.807, 2.05) is 36.4 Å². The molecule has 0 fully saturated rings. The predicted molar refractivity (Wildman–Crippen MR) is 89.1 cm³/mol. The van der Waals surface area contributed by atoms with E-state index in [2.05, 4.69) is 15.9 Å². The van der Waals surface area contributed by atoms with E-state index in [0.29, 0.717) is 22.9 Å². The monoisotopic (exact) mass is 372 g/mol. The lowest BCUT2D eigenvalue weighted by atomic mass is 10.1. The van der Waals surface area contributed by atoms with Gasteiger partial charge in [-0.25, -0.2) is 0 Å². The van der Waals surface area contributed by atoms with Gasteiger partial charge in [0.15, 0.2) is 0 Å². The Bertz CT molecular complexity index is 787. The summed E-state index contributed by atoms with van der Waals surface area (Å²) in [6.07, 6.45) is 1.49. The minimum absolute atomic E-state index is 0.0145. The molecule has 0 radical (unpaired) electrons. The predicted octanol–water partition coefficient (Wildman–Crippen LogP) is 5.11. The van der Waals surface area contributed by atoms with Crippen LogP contribution in [0.3, 0.4) is 0 Å². The van der Waals surface area contributed by atoms with E-state index in [-0.39, 0.29) is 5.57 Å². The molecule has 0 bridgehead atoms. The average molecular weight is 374 g/mol. The molecular weight excluding hydrogens is 364 g/mol. The van der Waals surface area contributed by atoms with Crippen molar-refractivity contribution in [2.45, 2.75) is 6.61 Å². The quantitative estimate of drug-likeness (QED) is 0.700. The molecule has 0 saturated heterocycles. The van der Waals surface area contributed by atoms with Crippen LogP contribution in [0.5, 0.6) is 5.75 Å². The highest BCUT2D eigenvalue weighted by Crippen LogP contribution is 2.27. The molecular formula is C17H10BrClN2O.